The maximum absolute atomic E-state index is 11.9. The molecule has 0 fully saturated rings. The van der Waals surface area contributed by atoms with Gasteiger partial charge in [-0.1, -0.05) is 30.3 Å². The average molecular weight is 256 g/mol. The molecule has 18 heavy (non-hydrogen) atoms. The van der Waals surface area contributed by atoms with E-state index in [9.17, 15) is 13.2 Å². The van der Waals surface area contributed by atoms with Gasteiger partial charge in [-0.05, 0) is 24.3 Å². The van der Waals surface area contributed by atoms with Gasteiger partial charge in [0.25, 0.3) is 0 Å². The maximum Gasteiger partial charge on any atom is 0.419 e. The highest BCUT2D eigenvalue weighted by atomic mass is 19.4. The minimum absolute atomic E-state index is 0.322. The van der Waals surface area contributed by atoms with Gasteiger partial charge in [0.1, 0.15) is 11.5 Å². The first-order chi connectivity index (χ1) is 8.41. The number of hydrogen-bond donors (Lipinski definition) is 2. The van der Waals surface area contributed by atoms with Crippen LogP contribution in [-0.4, -0.2) is 10.2 Å². The molecule has 96 valence electrons. The summed E-state index contributed by atoms with van der Waals surface area (Å²) < 4.78 is 35.7. The lowest BCUT2D eigenvalue weighted by Crippen LogP contribution is -2.04. The highest BCUT2D eigenvalue weighted by molar-refractivity contribution is 5.33. The van der Waals surface area contributed by atoms with E-state index in [1.165, 1.54) is 12.1 Å². The molecule has 0 spiro atoms. The van der Waals surface area contributed by atoms with Crippen LogP contribution in [0.15, 0.2) is 54.6 Å². The van der Waals surface area contributed by atoms with Gasteiger partial charge in [-0.2, -0.15) is 13.2 Å². The zero-order valence-electron chi connectivity index (χ0n) is 9.22. The Morgan fingerprint density at radius 2 is 1.22 bits per heavy atom. The number of phenolic OH excluding ortho intramolecular Hbond substituents is 2. The summed E-state index contributed by atoms with van der Waals surface area (Å²) in [5, 5.41) is 17.4. The third-order valence-electron chi connectivity index (χ3n) is 1.97. The number of aromatic hydroxyl groups is 2. The van der Waals surface area contributed by atoms with E-state index in [1.54, 1.807) is 24.3 Å². The van der Waals surface area contributed by atoms with E-state index in [1.807, 2.05) is 6.07 Å². The lowest BCUT2D eigenvalue weighted by Gasteiger charge is -2.06. The van der Waals surface area contributed by atoms with Crippen LogP contribution in [0.25, 0.3) is 0 Å². The molecule has 0 saturated heterocycles. The first kappa shape index (κ1) is 13.9. The normalized spacial score (nSPS) is 10.4. The molecule has 2 aromatic carbocycles. The summed E-state index contributed by atoms with van der Waals surface area (Å²) in [6.07, 6.45) is -4.47. The predicted molar refractivity (Wildman–Crippen MR) is 61.2 cm³/mol. The SMILES string of the molecule is Oc1ccccc1.Oc1ccccc1C(F)(F)F. The van der Waals surface area contributed by atoms with E-state index in [2.05, 4.69) is 0 Å². The molecule has 0 aliphatic carbocycles. The fourth-order valence-corrected chi connectivity index (χ4v) is 1.14. The van der Waals surface area contributed by atoms with E-state index in [0.29, 0.717) is 5.75 Å². The number of benzene rings is 2. The largest absolute Gasteiger partial charge is 0.508 e. The van der Waals surface area contributed by atoms with Crippen LogP contribution in [0.1, 0.15) is 5.56 Å². The van der Waals surface area contributed by atoms with Crippen LogP contribution in [0.3, 0.4) is 0 Å². The van der Waals surface area contributed by atoms with E-state index >= 15 is 0 Å². The van der Waals surface area contributed by atoms with Crippen molar-refractivity contribution >= 4 is 0 Å². The monoisotopic (exact) mass is 256 g/mol. The Balaban J connectivity index is 0.000000199. The molecule has 0 bridgehead atoms. The van der Waals surface area contributed by atoms with Crippen LogP contribution in [0.4, 0.5) is 13.2 Å². The summed E-state index contributed by atoms with van der Waals surface area (Å²) >= 11 is 0. The van der Waals surface area contributed by atoms with Gasteiger partial charge in [0.2, 0.25) is 0 Å². The van der Waals surface area contributed by atoms with Gasteiger partial charge in [-0.3, -0.25) is 0 Å². The van der Waals surface area contributed by atoms with Crippen molar-refractivity contribution in [1.82, 2.24) is 0 Å². The summed E-state index contributed by atoms with van der Waals surface area (Å²) in [7, 11) is 0. The van der Waals surface area contributed by atoms with Crippen molar-refractivity contribution in [2.24, 2.45) is 0 Å². The molecule has 0 heterocycles. The standard InChI is InChI=1S/C7H5F3O.C6H6O/c8-7(9,10)5-3-1-2-4-6(5)11;7-6-4-2-1-3-5-6/h1-4,11H;1-5,7H. The Hall–Kier alpha value is -2.17. The minimum atomic E-state index is -4.47. The number of rotatable bonds is 0. The molecule has 0 amide bonds. The molecule has 0 saturated carbocycles. The Morgan fingerprint density at radius 3 is 1.56 bits per heavy atom. The van der Waals surface area contributed by atoms with Crippen molar-refractivity contribution in [3.05, 3.63) is 60.2 Å². The van der Waals surface area contributed by atoms with Crippen LogP contribution in [0.2, 0.25) is 0 Å². The summed E-state index contributed by atoms with van der Waals surface area (Å²) in [6, 6.07) is 13.1. The van der Waals surface area contributed by atoms with Crippen molar-refractivity contribution in [3.63, 3.8) is 0 Å². The third kappa shape index (κ3) is 4.37. The number of hydrogen-bond acceptors (Lipinski definition) is 2. The van der Waals surface area contributed by atoms with Crippen molar-refractivity contribution in [2.75, 3.05) is 0 Å². The van der Waals surface area contributed by atoms with Crippen LogP contribution >= 0.6 is 0 Å². The van der Waals surface area contributed by atoms with Gasteiger partial charge < -0.3 is 10.2 Å². The van der Waals surface area contributed by atoms with Gasteiger partial charge in [0.05, 0.1) is 5.56 Å². The van der Waals surface area contributed by atoms with E-state index in [4.69, 9.17) is 10.2 Å². The predicted octanol–water partition coefficient (Wildman–Crippen LogP) is 3.80. The van der Waals surface area contributed by atoms with Crippen molar-refractivity contribution in [2.45, 2.75) is 6.18 Å². The molecule has 0 atom stereocenters. The number of alkyl halides is 3. The van der Waals surface area contributed by atoms with Crippen LogP contribution in [0, 0.1) is 0 Å². The van der Waals surface area contributed by atoms with E-state index in [0.717, 1.165) is 12.1 Å². The Bertz CT molecular complexity index is 481. The molecule has 0 aromatic heterocycles. The van der Waals surface area contributed by atoms with Gasteiger partial charge >= 0.3 is 6.18 Å². The average Bonchev–Trinajstić information content (AvgIpc) is 2.30. The summed E-state index contributed by atoms with van der Waals surface area (Å²) in [5.41, 5.74) is -1.000. The molecular weight excluding hydrogens is 245 g/mol. The molecule has 0 aliphatic heterocycles. The van der Waals surface area contributed by atoms with E-state index in [-0.39, 0.29) is 0 Å². The fourth-order valence-electron chi connectivity index (χ4n) is 1.14. The van der Waals surface area contributed by atoms with Gasteiger partial charge in [0, 0.05) is 0 Å². The summed E-state index contributed by atoms with van der Waals surface area (Å²) in [5.74, 6) is -0.414. The van der Waals surface area contributed by atoms with Crippen LogP contribution in [0.5, 0.6) is 11.5 Å². The summed E-state index contributed by atoms with van der Waals surface area (Å²) in [6.45, 7) is 0. The van der Waals surface area contributed by atoms with Crippen molar-refractivity contribution < 1.29 is 23.4 Å². The third-order valence-corrected chi connectivity index (χ3v) is 1.97. The molecule has 5 heteroatoms. The van der Waals surface area contributed by atoms with Gasteiger partial charge in [-0.15, -0.1) is 0 Å². The number of phenols is 2. The Labute approximate surface area is 102 Å². The van der Waals surface area contributed by atoms with Gasteiger partial charge in [-0.25, -0.2) is 0 Å². The quantitative estimate of drug-likeness (QED) is 0.752. The van der Waals surface area contributed by atoms with Crippen molar-refractivity contribution in [1.29, 1.82) is 0 Å². The topological polar surface area (TPSA) is 40.5 Å². The van der Waals surface area contributed by atoms with Gasteiger partial charge in [0.15, 0.2) is 0 Å². The highest BCUT2D eigenvalue weighted by Gasteiger charge is 2.33. The fraction of sp³-hybridized carbons (Fsp3) is 0.0769. The minimum Gasteiger partial charge on any atom is -0.508 e. The lowest BCUT2D eigenvalue weighted by molar-refractivity contribution is -0.138. The molecule has 0 aliphatic rings. The zero-order valence-corrected chi connectivity index (χ0v) is 9.22. The van der Waals surface area contributed by atoms with E-state index < -0.39 is 17.5 Å². The summed E-state index contributed by atoms with van der Waals surface area (Å²) in [4.78, 5) is 0. The molecule has 0 unspecified atom stereocenters. The highest BCUT2D eigenvalue weighted by Crippen LogP contribution is 2.34. The van der Waals surface area contributed by atoms with Crippen LogP contribution in [-0.2, 0) is 6.18 Å². The second kappa shape index (κ2) is 5.95. The Morgan fingerprint density at radius 1 is 0.722 bits per heavy atom. The molecule has 2 rings (SSSR count). The number of halogens is 3. The van der Waals surface area contributed by atoms with Crippen LogP contribution < -0.4 is 0 Å². The molecule has 2 N–H and O–H groups in total. The smallest absolute Gasteiger partial charge is 0.419 e. The van der Waals surface area contributed by atoms with Crippen molar-refractivity contribution in [3.8, 4) is 11.5 Å². The second-order valence-corrected chi connectivity index (χ2v) is 3.35. The molecule has 0 radical (unpaired) electrons. The zero-order chi connectivity index (χ0) is 13.6. The molecule has 2 aromatic rings. The number of para-hydroxylation sites is 2. The molecule has 2 nitrogen and oxygen atoms in total. The first-order valence-electron chi connectivity index (χ1n) is 5.00. The first-order valence-corrected chi connectivity index (χ1v) is 5.00. The second-order valence-electron chi connectivity index (χ2n) is 3.35. The lowest BCUT2D eigenvalue weighted by atomic mass is 10.2. The maximum atomic E-state index is 11.9. The molecular formula is C13H11F3O2. The Kier molecular flexibility index (Phi) is 4.59.